The van der Waals surface area contributed by atoms with Gasteiger partial charge in [-0.05, 0) is 12.1 Å². The zero-order chi connectivity index (χ0) is 15.5. The van der Waals surface area contributed by atoms with E-state index in [0.717, 1.165) is 18.2 Å². The fraction of sp³-hybridized carbons (Fsp3) is 0. The molecule has 112 valence electrons. The van der Waals surface area contributed by atoms with E-state index in [2.05, 4.69) is 25.6 Å². The van der Waals surface area contributed by atoms with Gasteiger partial charge in [0, 0.05) is 17.6 Å². The molecule has 3 aromatic rings. The lowest BCUT2D eigenvalue weighted by Gasteiger charge is -2.11. The average Bonchev–Trinajstić information content (AvgIpc) is 3.00. The van der Waals surface area contributed by atoms with Crippen LogP contribution in [0.1, 0.15) is 0 Å². The third-order valence-corrected chi connectivity index (χ3v) is 3.41. The number of rotatable bonds is 4. The number of aromatic nitrogens is 3. The molecule has 0 aliphatic carbocycles. The van der Waals surface area contributed by atoms with Crippen LogP contribution in [-0.2, 0) is 0 Å². The van der Waals surface area contributed by atoms with E-state index in [1.807, 2.05) is 0 Å². The van der Waals surface area contributed by atoms with Crippen LogP contribution in [0.2, 0.25) is 0 Å². The number of nitrogens with two attached hydrogens (primary N) is 1. The number of hydrogen-bond acceptors (Lipinski definition) is 7. The van der Waals surface area contributed by atoms with Gasteiger partial charge in [-0.2, -0.15) is 0 Å². The number of hydrogen-bond donors (Lipinski definition) is 3. The van der Waals surface area contributed by atoms with E-state index in [4.69, 9.17) is 5.73 Å². The minimum atomic E-state index is -0.617. The quantitative estimate of drug-likeness (QED) is 0.683. The number of halogens is 2. The lowest BCUT2D eigenvalue weighted by atomic mass is 10.3. The highest BCUT2D eigenvalue weighted by Crippen LogP contribution is 2.29. The van der Waals surface area contributed by atoms with Crippen LogP contribution < -0.4 is 16.4 Å². The standard InChI is InChI=1S/C13H10F2N6S/c14-7-1-2-8(15)9(5-7)20-11-10(16)12(19-6-18-11)21-13-17-3-4-22-13/h1-6H,16H2,(H2,17,18,19,20,21). The van der Waals surface area contributed by atoms with Crippen molar-refractivity contribution >= 4 is 39.5 Å². The first kappa shape index (κ1) is 14.1. The molecule has 6 nitrogen and oxygen atoms in total. The summed E-state index contributed by atoms with van der Waals surface area (Å²) in [6.45, 7) is 0. The molecular formula is C13H10F2N6S. The van der Waals surface area contributed by atoms with E-state index < -0.39 is 11.6 Å². The van der Waals surface area contributed by atoms with E-state index in [-0.39, 0.29) is 17.2 Å². The molecule has 3 rings (SSSR count). The van der Waals surface area contributed by atoms with E-state index in [9.17, 15) is 8.78 Å². The van der Waals surface area contributed by atoms with Crippen LogP contribution in [-0.4, -0.2) is 15.0 Å². The van der Waals surface area contributed by atoms with Crippen molar-refractivity contribution < 1.29 is 8.78 Å². The Balaban J connectivity index is 1.89. The molecule has 9 heteroatoms. The lowest BCUT2D eigenvalue weighted by Crippen LogP contribution is -2.06. The van der Waals surface area contributed by atoms with E-state index in [0.29, 0.717) is 10.9 Å². The maximum atomic E-state index is 13.7. The Morgan fingerprint density at radius 1 is 1.05 bits per heavy atom. The summed E-state index contributed by atoms with van der Waals surface area (Å²) >= 11 is 1.37. The predicted octanol–water partition coefficient (Wildman–Crippen LogP) is 3.28. The molecule has 1 aromatic carbocycles. The van der Waals surface area contributed by atoms with E-state index in [1.54, 1.807) is 11.6 Å². The Labute approximate surface area is 128 Å². The molecule has 0 saturated heterocycles. The molecule has 0 unspecified atom stereocenters. The van der Waals surface area contributed by atoms with Gasteiger partial charge < -0.3 is 16.4 Å². The Morgan fingerprint density at radius 2 is 1.82 bits per heavy atom. The molecule has 22 heavy (non-hydrogen) atoms. The highest BCUT2D eigenvalue weighted by atomic mass is 32.1. The van der Waals surface area contributed by atoms with Gasteiger partial charge in [-0.25, -0.2) is 23.7 Å². The minimum absolute atomic E-state index is 0.0643. The molecule has 4 N–H and O–H groups in total. The fourth-order valence-corrected chi connectivity index (χ4v) is 2.23. The highest BCUT2D eigenvalue weighted by Gasteiger charge is 2.12. The summed E-state index contributed by atoms with van der Waals surface area (Å²) in [6.07, 6.45) is 2.89. The number of nitrogens with one attached hydrogen (secondary N) is 2. The number of nitrogens with zero attached hydrogens (tertiary/aromatic N) is 3. The average molecular weight is 320 g/mol. The Hall–Kier alpha value is -2.81. The number of thiazole rings is 1. The maximum Gasteiger partial charge on any atom is 0.188 e. The summed E-state index contributed by atoms with van der Waals surface area (Å²) in [6, 6.07) is 3.06. The number of anilines is 5. The van der Waals surface area contributed by atoms with Gasteiger partial charge in [-0.15, -0.1) is 11.3 Å². The van der Waals surface area contributed by atoms with Gasteiger partial charge in [0.05, 0.1) is 5.69 Å². The Morgan fingerprint density at radius 3 is 2.55 bits per heavy atom. The van der Waals surface area contributed by atoms with Crippen LogP contribution in [0, 0.1) is 11.6 Å². The van der Waals surface area contributed by atoms with Crippen LogP contribution in [0.25, 0.3) is 0 Å². The zero-order valence-electron chi connectivity index (χ0n) is 11.0. The van der Waals surface area contributed by atoms with Gasteiger partial charge >= 0.3 is 0 Å². The van der Waals surface area contributed by atoms with E-state index >= 15 is 0 Å². The predicted molar refractivity (Wildman–Crippen MR) is 81.5 cm³/mol. The maximum absolute atomic E-state index is 13.7. The molecule has 0 amide bonds. The van der Waals surface area contributed by atoms with Gasteiger partial charge in [-0.1, -0.05) is 0 Å². The molecule has 0 fully saturated rings. The second kappa shape index (κ2) is 5.90. The lowest BCUT2D eigenvalue weighted by molar-refractivity contribution is 0.603. The van der Waals surface area contributed by atoms with Crippen molar-refractivity contribution in [3.63, 3.8) is 0 Å². The number of nitrogen functional groups attached to an aromatic ring is 1. The Kier molecular flexibility index (Phi) is 3.79. The normalized spacial score (nSPS) is 10.5. The van der Waals surface area contributed by atoms with Gasteiger partial charge in [0.25, 0.3) is 0 Å². The molecule has 0 atom stereocenters. The largest absolute Gasteiger partial charge is 0.393 e. The first-order chi connectivity index (χ1) is 10.6. The van der Waals surface area contributed by atoms with Crippen LogP contribution in [0.3, 0.4) is 0 Å². The summed E-state index contributed by atoms with van der Waals surface area (Å²) in [4.78, 5) is 12.0. The second-order valence-electron chi connectivity index (χ2n) is 4.20. The highest BCUT2D eigenvalue weighted by molar-refractivity contribution is 7.13. The smallest absolute Gasteiger partial charge is 0.188 e. The molecule has 2 aromatic heterocycles. The van der Waals surface area contributed by atoms with Gasteiger partial charge in [0.1, 0.15) is 23.6 Å². The van der Waals surface area contributed by atoms with Crippen LogP contribution >= 0.6 is 11.3 Å². The molecule has 0 aliphatic rings. The van der Waals surface area contributed by atoms with Crippen LogP contribution in [0.5, 0.6) is 0 Å². The van der Waals surface area contributed by atoms with Crippen molar-refractivity contribution in [2.75, 3.05) is 16.4 Å². The third kappa shape index (κ3) is 2.93. The summed E-state index contributed by atoms with van der Waals surface area (Å²) in [5, 5.41) is 7.98. The van der Waals surface area contributed by atoms with Crippen molar-refractivity contribution in [3.05, 3.63) is 47.7 Å². The molecular weight excluding hydrogens is 310 g/mol. The van der Waals surface area contributed by atoms with Crippen molar-refractivity contribution in [1.82, 2.24) is 15.0 Å². The van der Waals surface area contributed by atoms with E-state index in [1.165, 1.54) is 17.7 Å². The van der Waals surface area contributed by atoms with Crippen molar-refractivity contribution in [3.8, 4) is 0 Å². The zero-order valence-corrected chi connectivity index (χ0v) is 11.9. The Bertz CT molecular complexity index is 793. The minimum Gasteiger partial charge on any atom is -0.393 e. The molecule has 2 heterocycles. The number of benzene rings is 1. The third-order valence-electron chi connectivity index (χ3n) is 2.72. The van der Waals surface area contributed by atoms with Crippen molar-refractivity contribution in [2.24, 2.45) is 0 Å². The summed E-state index contributed by atoms with van der Waals surface area (Å²) < 4.78 is 26.8. The van der Waals surface area contributed by atoms with Gasteiger partial charge in [0.15, 0.2) is 16.8 Å². The first-order valence-electron chi connectivity index (χ1n) is 6.12. The van der Waals surface area contributed by atoms with Crippen molar-refractivity contribution in [2.45, 2.75) is 0 Å². The first-order valence-corrected chi connectivity index (χ1v) is 7.00. The second-order valence-corrected chi connectivity index (χ2v) is 5.09. The van der Waals surface area contributed by atoms with Crippen molar-refractivity contribution in [1.29, 1.82) is 0 Å². The molecule has 0 radical (unpaired) electrons. The fourth-order valence-electron chi connectivity index (χ4n) is 1.70. The van der Waals surface area contributed by atoms with Gasteiger partial charge in [0.2, 0.25) is 0 Å². The molecule has 0 saturated carbocycles. The molecule has 0 spiro atoms. The molecule has 0 bridgehead atoms. The van der Waals surface area contributed by atoms with Crippen LogP contribution in [0.4, 0.5) is 36.9 Å². The topological polar surface area (TPSA) is 88.8 Å². The SMILES string of the molecule is Nc1c(Nc2nccs2)ncnc1Nc1cc(F)ccc1F. The summed E-state index contributed by atoms with van der Waals surface area (Å²) in [5.74, 6) is -0.700. The summed E-state index contributed by atoms with van der Waals surface area (Å²) in [5.41, 5.74) is 6.05. The monoisotopic (exact) mass is 320 g/mol. The van der Waals surface area contributed by atoms with Gasteiger partial charge in [-0.3, -0.25) is 0 Å². The van der Waals surface area contributed by atoms with Crippen LogP contribution in [0.15, 0.2) is 36.1 Å². The summed E-state index contributed by atoms with van der Waals surface area (Å²) in [7, 11) is 0. The molecule has 0 aliphatic heterocycles.